The summed E-state index contributed by atoms with van der Waals surface area (Å²) in [5.41, 5.74) is 7.66. The van der Waals surface area contributed by atoms with E-state index in [2.05, 4.69) is 23.9 Å². The van der Waals surface area contributed by atoms with E-state index in [0.717, 1.165) is 31.9 Å². The van der Waals surface area contributed by atoms with Crippen molar-refractivity contribution in [2.75, 3.05) is 51.0 Å². The fourth-order valence-electron chi connectivity index (χ4n) is 2.12. The number of nitrogens with zero attached hydrogens (tertiary/aromatic N) is 2. The van der Waals surface area contributed by atoms with E-state index in [9.17, 15) is 0 Å². The molecule has 94 valence electrons. The van der Waals surface area contributed by atoms with Crippen molar-refractivity contribution in [1.82, 2.24) is 4.90 Å². The average molecular weight is 235 g/mol. The van der Waals surface area contributed by atoms with Gasteiger partial charge in [-0.25, -0.2) is 0 Å². The largest absolute Gasteiger partial charge is 0.399 e. The lowest BCUT2D eigenvalue weighted by molar-refractivity contribution is -0.0143. The van der Waals surface area contributed by atoms with E-state index in [0.29, 0.717) is 0 Å². The van der Waals surface area contributed by atoms with Gasteiger partial charge in [0.2, 0.25) is 0 Å². The second-order valence-corrected chi connectivity index (χ2v) is 4.73. The predicted octanol–water partition coefficient (Wildman–Crippen LogP) is 1.04. The Labute approximate surface area is 103 Å². The second kappa shape index (κ2) is 5.38. The first-order valence-corrected chi connectivity index (χ1v) is 6.02. The number of ether oxygens (including phenoxy) is 1. The van der Waals surface area contributed by atoms with Gasteiger partial charge in [-0.2, -0.15) is 0 Å². The van der Waals surface area contributed by atoms with Crippen LogP contribution in [0, 0.1) is 0 Å². The first kappa shape index (κ1) is 12.2. The van der Waals surface area contributed by atoms with Gasteiger partial charge < -0.3 is 20.3 Å². The van der Waals surface area contributed by atoms with Crippen LogP contribution in [0.15, 0.2) is 24.3 Å². The minimum Gasteiger partial charge on any atom is -0.399 e. The highest BCUT2D eigenvalue weighted by molar-refractivity contribution is 5.52. The molecule has 1 saturated heterocycles. The molecule has 0 aliphatic carbocycles. The summed E-state index contributed by atoms with van der Waals surface area (Å²) in [6.07, 6.45) is 0.288. The Hall–Kier alpha value is -1.26. The van der Waals surface area contributed by atoms with Crippen molar-refractivity contribution in [3.63, 3.8) is 0 Å². The van der Waals surface area contributed by atoms with Crippen molar-refractivity contribution >= 4 is 11.4 Å². The molecule has 4 nitrogen and oxygen atoms in total. The molecule has 1 aliphatic heterocycles. The topological polar surface area (TPSA) is 41.7 Å². The minimum absolute atomic E-state index is 0.288. The van der Waals surface area contributed by atoms with Crippen molar-refractivity contribution in [1.29, 1.82) is 0 Å². The lowest BCUT2D eigenvalue weighted by Crippen LogP contribution is -2.45. The van der Waals surface area contributed by atoms with Gasteiger partial charge in [-0.15, -0.1) is 0 Å². The molecule has 1 heterocycles. The highest BCUT2D eigenvalue weighted by Crippen LogP contribution is 2.16. The van der Waals surface area contributed by atoms with Gasteiger partial charge in [-0.05, 0) is 31.3 Å². The van der Waals surface area contributed by atoms with Crippen molar-refractivity contribution < 1.29 is 4.74 Å². The molecule has 1 unspecified atom stereocenters. The SMILES string of the molecule is CN1CCOC(CN(C)c2ccc(N)cc2)C1. The maximum Gasteiger partial charge on any atom is 0.0876 e. The molecule has 1 fully saturated rings. The zero-order valence-electron chi connectivity index (χ0n) is 10.6. The highest BCUT2D eigenvalue weighted by Gasteiger charge is 2.19. The molecule has 0 aromatic heterocycles. The Bertz CT molecular complexity index is 352. The zero-order chi connectivity index (χ0) is 12.3. The lowest BCUT2D eigenvalue weighted by Gasteiger charge is -2.33. The van der Waals surface area contributed by atoms with Gasteiger partial charge in [0.1, 0.15) is 0 Å². The van der Waals surface area contributed by atoms with Crippen LogP contribution in [0.4, 0.5) is 11.4 Å². The number of nitrogen functional groups attached to an aromatic ring is 1. The van der Waals surface area contributed by atoms with Crippen LogP contribution in [0.25, 0.3) is 0 Å². The predicted molar refractivity (Wildman–Crippen MR) is 71.4 cm³/mol. The molecule has 1 atom stereocenters. The Morgan fingerprint density at radius 2 is 2.12 bits per heavy atom. The van der Waals surface area contributed by atoms with Gasteiger partial charge in [-0.3, -0.25) is 0 Å². The van der Waals surface area contributed by atoms with Gasteiger partial charge in [0.15, 0.2) is 0 Å². The molecule has 0 spiro atoms. The fourth-order valence-corrected chi connectivity index (χ4v) is 2.12. The summed E-state index contributed by atoms with van der Waals surface area (Å²) in [6.45, 7) is 3.77. The first-order chi connectivity index (χ1) is 8.15. The van der Waals surface area contributed by atoms with Crippen LogP contribution < -0.4 is 10.6 Å². The number of anilines is 2. The van der Waals surface area contributed by atoms with Crippen LogP contribution in [0.1, 0.15) is 0 Å². The summed E-state index contributed by atoms with van der Waals surface area (Å²) in [6, 6.07) is 7.95. The standard InChI is InChI=1S/C13H21N3O/c1-15-7-8-17-13(9-15)10-16(2)12-5-3-11(14)4-6-12/h3-6,13H,7-10,14H2,1-2H3. The van der Waals surface area contributed by atoms with Crippen molar-refractivity contribution in [3.8, 4) is 0 Å². The third-order valence-electron chi connectivity index (χ3n) is 3.15. The number of likely N-dealkylation sites (N-methyl/N-ethyl adjacent to an activating group) is 2. The van der Waals surface area contributed by atoms with Crippen LogP contribution in [-0.2, 0) is 4.74 Å². The summed E-state index contributed by atoms with van der Waals surface area (Å²) < 4.78 is 5.76. The summed E-state index contributed by atoms with van der Waals surface area (Å²) in [4.78, 5) is 4.52. The molecule has 17 heavy (non-hydrogen) atoms. The van der Waals surface area contributed by atoms with Crippen LogP contribution >= 0.6 is 0 Å². The summed E-state index contributed by atoms with van der Waals surface area (Å²) >= 11 is 0. The van der Waals surface area contributed by atoms with Crippen LogP contribution in [0.3, 0.4) is 0 Å². The molecule has 4 heteroatoms. The lowest BCUT2D eigenvalue weighted by atomic mass is 10.2. The van der Waals surface area contributed by atoms with Crippen molar-refractivity contribution in [2.45, 2.75) is 6.10 Å². The van der Waals surface area contributed by atoms with Crippen LogP contribution in [0.2, 0.25) is 0 Å². The van der Waals surface area contributed by atoms with Gasteiger partial charge in [0.05, 0.1) is 12.7 Å². The van der Waals surface area contributed by atoms with E-state index in [1.807, 2.05) is 24.3 Å². The van der Waals surface area contributed by atoms with E-state index >= 15 is 0 Å². The molecular formula is C13H21N3O. The van der Waals surface area contributed by atoms with Crippen molar-refractivity contribution in [2.24, 2.45) is 0 Å². The Kier molecular flexibility index (Phi) is 3.86. The number of nitrogens with two attached hydrogens (primary N) is 1. The summed E-state index contributed by atoms with van der Waals surface area (Å²) in [7, 11) is 4.22. The van der Waals surface area contributed by atoms with Gasteiger partial charge in [-0.1, -0.05) is 0 Å². The molecular weight excluding hydrogens is 214 g/mol. The number of rotatable bonds is 3. The quantitative estimate of drug-likeness (QED) is 0.795. The molecule has 0 bridgehead atoms. The van der Waals surface area contributed by atoms with E-state index in [1.54, 1.807) is 0 Å². The first-order valence-electron chi connectivity index (χ1n) is 6.02. The monoisotopic (exact) mass is 235 g/mol. The molecule has 0 saturated carbocycles. The maximum atomic E-state index is 5.76. The Morgan fingerprint density at radius 3 is 2.76 bits per heavy atom. The van der Waals surface area contributed by atoms with E-state index < -0.39 is 0 Å². The van der Waals surface area contributed by atoms with E-state index in [1.165, 1.54) is 5.69 Å². The maximum absolute atomic E-state index is 5.76. The molecule has 1 aromatic carbocycles. The van der Waals surface area contributed by atoms with Crippen molar-refractivity contribution in [3.05, 3.63) is 24.3 Å². The molecule has 1 aliphatic rings. The number of hydrogen-bond donors (Lipinski definition) is 1. The van der Waals surface area contributed by atoms with Gasteiger partial charge >= 0.3 is 0 Å². The van der Waals surface area contributed by atoms with E-state index in [-0.39, 0.29) is 6.10 Å². The fraction of sp³-hybridized carbons (Fsp3) is 0.538. The third kappa shape index (κ3) is 3.35. The third-order valence-corrected chi connectivity index (χ3v) is 3.15. The minimum atomic E-state index is 0.288. The number of hydrogen-bond acceptors (Lipinski definition) is 4. The molecule has 2 rings (SSSR count). The summed E-state index contributed by atoms with van der Waals surface area (Å²) in [5.74, 6) is 0. The second-order valence-electron chi connectivity index (χ2n) is 4.73. The molecule has 2 N–H and O–H groups in total. The van der Waals surface area contributed by atoms with Crippen LogP contribution in [0.5, 0.6) is 0 Å². The van der Waals surface area contributed by atoms with Gasteiger partial charge in [0, 0.05) is 38.1 Å². The Morgan fingerprint density at radius 1 is 1.41 bits per heavy atom. The van der Waals surface area contributed by atoms with Crippen LogP contribution in [-0.4, -0.2) is 51.3 Å². The smallest absolute Gasteiger partial charge is 0.0876 e. The normalized spacial score (nSPS) is 21.4. The molecule has 1 aromatic rings. The Balaban J connectivity index is 1.91. The zero-order valence-corrected chi connectivity index (χ0v) is 10.6. The molecule has 0 radical (unpaired) electrons. The number of benzene rings is 1. The summed E-state index contributed by atoms with van der Waals surface area (Å²) in [5, 5.41) is 0. The van der Waals surface area contributed by atoms with E-state index in [4.69, 9.17) is 10.5 Å². The average Bonchev–Trinajstić information content (AvgIpc) is 2.29. The molecule has 0 amide bonds. The highest BCUT2D eigenvalue weighted by atomic mass is 16.5. The van der Waals surface area contributed by atoms with Gasteiger partial charge in [0.25, 0.3) is 0 Å². The number of morpholine rings is 1.